The summed E-state index contributed by atoms with van der Waals surface area (Å²) in [6, 6.07) is 16.3. The average molecular weight is 354 g/mol. The summed E-state index contributed by atoms with van der Waals surface area (Å²) in [4.78, 5) is 24.9. The van der Waals surface area contributed by atoms with Gasteiger partial charge in [-0.25, -0.2) is 4.79 Å². The molecule has 138 valence electrons. The minimum atomic E-state index is -0.742. The van der Waals surface area contributed by atoms with Crippen molar-refractivity contribution in [2.24, 2.45) is 0 Å². The Morgan fingerprint density at radius 3 is 2.19 bits per heavy atom. The summed E-state index contributed by atoms with van der Waals surface area (Å²) < 4.78 is 5.29. The second kappa shape index (κ2) is 8.52. The van der Waals surface area contributed by atoms with Crippen LogP contribution in [0.3, 0.4) is 0 Å². The summed E-state index contributed by atoms with van der Waals surface area (Å²) in [7, 11) is 0. The van der Waals surface area contributed by atoms with Crippen LogP contribution in [0.4, 0.5) is 10.5 Å². The van der Waals surface area contributed by atoms with Crippen LogP contribution in [0.25, 0.3) is 0 Å². The first-order valence-electron chi connectivity index (χ1n) is 8.64. The predicted octanol–water partition coefficient (Wildman–Crippen LogP) is 4.07. The molecular formula is C21H26N2O3. The molecule has 0 aliphatic rings. The Morgan fingerprint density at radius 1 is 1.00 bits per heavy atom. The molecule has 1 atom stereocenters. The molecule has 2 aromatic carbocycles. The highest BCUT2D eigenvalue weighted by Crippen LogP contribution is 2.12. The van der Waals surface area contributed by atoms with Gasteiger partial charge in [-0.3, -0.25) is 4.79 Å². The van der Waals surface area contributed by atoms with Crippen molar-refractivity contribution in [1.29, 1.82) is 0 Å². The lowest BCUT2D eigenvalue weighted by Gasteiger charge is -2.23. The van der Waals surface area contributed by atoms with Crippen molar-refractivity contribution in [2.45, 2.75) is 45.8 Å². The fraction of sp³-hybridized carbons (Fsp3) is 0.333. The van der Waals surface area contributed by atoms with Gasteiger partial charge in [0.25, 0.3) is 0 Å². The summed E-state index contributed by atoms with van der Waals surface area (Å²) >= 11 is 0. The van der Waals surface area contributed by atoms with Gasteiger partial charge in [-0.2, -0.15) is 0 Å². The molecule has 0 fully saturated rings. The van der Waals surface area contributed by atoms with E-state index in [1.54, 1.807) is 20.8 Å². The largest absolute Gasteiger partial charge is 0.444 e. The third kappa shape index (κ3) is 6.59. The lowest BCUT2D eigenvalue weighted by molar-refractivity contribution is -0.118. The normalized spacial score (nSPS) is 12.2. The van der Waals surface area contributed by atoms with Crippen molar-refractivity contribution >= 4 is 17.7 Å². The molecule has 2 amide bonds. The number of alkyl carbamates (subject to hydrolysis) is 1. The average Bonchev–Trinajstić information content (AvgIpc) is 2.55. The number of anilines is 1. The van der Waals surface area contributed by atoms with Crippen LogP contribution in [0.1, 0.15) is 31.9 Å². The fourth-order valence-electron chi connectivity index (χ4n) is 2.38. The van der Waals surface area contributed by atoms with E-state index in [1.807, 2.05) is 61.5 Å². The molecule has 0 unspecified atom stereocenters. The fourth-order valence-corrected chi connectivity index (χ4v) is 2.38. The summed E-state index contributed by atoms with van der Waals surface area (Å²) in [6.07, 6.45) is -0.241. The molecule has 0 bridgehead atoms. The minimum Gasteiger partial charge on any atom is -0.444 e. The molecule has 2 rings (SSSR count). The third-order valence-electron chi connectivity index (χ3n) is 3.61. The lowest BCUT2D eigenvalue weighted by Crippen LogP contribution is -2.47. The number of hydrogen-bond acceptors (Lipinski definition) is 3. The van der Waals surface area contributed by atoms with Crippen molar-refractivity contribution in [3.05, 3.63) is 65.7 Å². The van der Waals surface area contributed by atoms with Gasteiger partial charge in [-0.05, 0) is 45.4 Å². The molecule has 0 saturated carbocycles. The van der Waals surface area contributed by atoms with E-state index in [0.717, 1.165) is 11.1 Å². The molecule has 0 spiro atoms. The van der Waals surface area contributed by atoms with E-state index in [2.05, 4.69) is 10.6 Å². The topological polar surface area (TPSA) is 67.4 Å². The first-order chi connectivity index (χ1) is 12.2. The quantitative estimate of drug-likeness (QED) is 0.850. The van der Waals surface area contributed by atoms with Gasteiger partial charge in [0.1, 0.15) is 11.6 Å². The SMILES string of the molecule is Cc1ccc(NC(=O)[C@@H](Cc2ccccc2)NC(=O)OC(C)(C)C)cc1. The van der Waals surface area contributed by atoms with Gasteiger partial charge in [0, 0.05) is 12.1 Å². The summed E-state index contributed by atoms with van der Waals surface area (Å²) in [5.41, 5.74) is 2.11. The van der Waals surface area contributed by atoms with Gasteiger partial charge in [0.15, 0.2) is 0 Å². The van der Waals surface area contributed by atoms with E-state index >= 15 is 0 Å². The molecule has 0 aliphatic heterocycles. The van der Waals surface area contributed by atoms with Crippen molar-refractivity contribution in [2.75, 3.05) is 5.32 Å². The Balaban J connectivity index is 2.11. The molecule has 5 heteroatoms. The van der Waals surface area contributed by atoms with Crippen LogP contribution in [0.5, 0.6) is 0 Å². The standard InChI is InChI=1S/C21H26N2O3/c1-15-10-12-17(13-11-15)22-19(24)18(14-16-8-6-5-7-9-16)23-20(25)26-21(2,3)4/h5-13,18H,14H2,1-4H3,(H,22,24)(H,23,25)/t18-/m1/s1. The van der Waals surface area contributed by atoms with Crippen LogP contribution in [0, 0.1) is 6.92 Å². The number of carbonyl (C=O) groups is 2. The van der Waals surface area contributed by atoms with Crippen LogP contribution in [-0.4, -0.2) is 23.6 Å². The summed E-state index contributed by atoms with van der Waals surface area (Å²) in [6.45, 7) is 7.33. The van der Waals surface area contributed by atoms with Crippen LogP contribution in [-0.2, 0) is 16.0 Å². The number of benzene rings is 2. The Kier molecular flexibility index (Phi) is 6.39. The highest BCUT2D eigenvalue weighted by Gasteiger charge is 2.24. The van der Waals surface area contributed by atoms with Crippen LogP contribution in [0.15, 0.2) is 54.6 Å². The van der Waals surface area contributed by atoms with E-state index in [1.165, 1.54) is 0 Å². The zero-order valence-corrected chi connectivity index (χ0v) is 15.7. The molecule has 5 nitrogen and oxygen atoms in total. The van der Waals surface area contributed by atoms with Crippen molar-refractivity contribution in [3.63, 3.8) is 0 Å². The second-order valence-electron chi connectivity index (χ2n) is 7.24. The zero-order valence-electron chi connectivity index (χ0n) is 15.7. The molecule has 0 aromatic heterocycles. The first kappa shape index (κ1) is 19.5. The Morgan fingerprint density at radius 2 is 1.62 bits per heavy atom. The monoisotopic (exact) mass is 354 g/mol. The molecule has 26 heavy (non-hydrogen) atoms. The molecule has 2 aromatic rings. The zero-order chi connectivity index (χ0) is 19.2. The van der Waals surface area contributed by atoms with E-state index in [9.17, 15) is 9.59 Å². The Bertz CT molecular complexity index is 734. The first-order valence-corrected chi connectivity index (χ1v) is 8.64. The Hall–Kier alpha value is -2.82. The van der Waals surface area contributed by atoms with E-state index in [-0.39, 0.29) is 5.91 Å². The molecule has 0 aliphatic carbocycles. The van der Waals surface area contributed by atoms with Crippen molar-refractivity contribution < 1.29 is 14.3 Å². The number of aryl methyl sites for hydroxylation is 1. The van der Waals surface area contributed by atoms with Gasteiger partial charge in [0.2, 0.25) is 5.91 Å². The molecule has 0 heterocycles. The Labute approximate surface area is 154 Å². The highest BCUT2D eigenvalue weighted by atomic mass is 16.6. The molecule has 2 N–H and O–H groups in total. The second-order valence-corrected chi connectivity index (χ2v) is 7.24. The number of carbonyl (C=O) groups excluding carboxylic acids is 2. The number of ether oxygens (including phenoxy) is 1. The van der Waals surface area contributed by atoms with Gasteiger partial charge in [-0.1, -0.05) is 48.0 Å². The highest BCUT2D eigenvalue weighted by molar-refractivity contribution is 5.96. The van der Waals surface area contributed by atoms with Crippen molar-refractivity contribution in [1.82, 2.24) is 5.32 Å². The third-order valence-corrected chi connectivity index (χ3v) is 3.61. The van der Waals surface area contributed by atoms with E-state index in [4.69, 9.17) is 4.74 Å². The molecular weight excluding hydrogens is 328 g/mol. The van der Waals surface area contributed by atoms with Gasteiger partial charge >= 0.3 is 6.09 Å². The van der Waals surface area contributed by atoms with Crippen LogP contribution in [0.2, 0.25) is 0 Å². The number of amides is 2. The van der Waals surface area contributed by atoms with Crippen molar-refractivity contribution in [3.8, 4) is 0 Å². The maximum atomic E-state index is 12.7. The predicted molar refractivity (Wildman–Crippen MR) is 103 cm³/mol. The maximum Gasteiger partial charge on any atom is 0.408 e. The maximum absolute atomic E-state index is 12.7. The smallest absolute Gasteiger partial charge is 0.408 e. The van der Waals surface area contributed by atoms with E-state index in [0.29, 0.717) is 12.1 Å². The van der Waals surface area contributed by atoms with Crippen LogP contribution < -0.4 is 10.6 Å². The number of hydrogen-bond donors (Lipinski definition) is 2. The summed E-state index contributed by atoms with van der Waals surface area (Å²) in [5, 5.41) is 5.53. The number of nitrogens with one attached hydrogen (secondary N) is 2. The molecule has 0 radical (unpaired) electrons. The summed E-state index contributed by atoms with van der Waals surface area (Å²) in [5.74, 6) is -0.288. The number of rotatable bonds is 5. The van der Waals surface area contributed by atoms with Gasteiger partial charge in [0.05, 0.1) is 0 Å². The lowest BCUT2D eigenvalue weighted by atomic mass is 10.1. The van der Waals surface area contributed by atoms with Gasteiger partial charge in [-0.15, -0.1) is 0 Å². The van der Waals surface area contributed by atoms with Crippen LogP contribution >= 0.6 is 0 Å². The molecule has 0 saturated heterocycles. The van der Waals surface area contributed by atoms with E-state index < -0.39 is 17.7 Å². The van der Waals surface area contributed by atoms with Gasteiger partial charge < -0.3 is 15.4 Å². The minimum absolute atomic E-state index is 0.288.